The number of nitrogens with zero attached hydrogens (tertiary/aromatic N) is 2. The molecule has 9 heteroatoms. The number of rotatable bonds is 5. The molecule has 1 aromatic heterocycles. The Labute approximate surface area is 115 Å². The molecule has 0 fully saturated rings. The number of non-ortho nitro benzene ring substituents is 1. The molecule has 0 spiro atoms. The largest absolute Gasteiger partial charge is 0.347 e. The van der Waals surface area contributed by atoms with Crippen molar-refractivity contribution in [2.45, 2.75) is 18.4 Å². The minimum absolute atomic E-state index is 0.00894. The number of H-pyrrole nitrogens is 1. The van der Waals surface area contributed by atoms with Gasteiger partial charge in [0.15, 0.2) is 0 Å². The number of hydrogen-bond donors (Lipinski definition) is 2. The van der Waals surface area contributed by atoms with E-state index in [4.69, 9.17) is 0 Å². The predicted molar refractivity (Wildman–Crippen MR) is 70.4 cm³/mol. The highest BCUT2D eigenvalue weighted by Crippen LogP contribution is 2.20. The number of sulfonamides is 1. The Morgan fingerprint density at radius 3 is 2.75 bits per heavy atom. The summed E-state index contributed by atoms with van der Waals surface area (Å²) in [5.74, 6) is 0.480. The van der Waals surface area contributed by atoms with Crippen molar-refractivity contribution in [3.63, 3.8) is 0 Å². The van der Waals surface area contributed by atoms with Gasteiger partial charge in [0.2, 0.25) is 10.0 Å². The zero-order chi connectivity index (χ0) is 14.8. The quantitative estimate of drug-likeness (QED) is 0.632. The fourth-order valence-electron chi connectivity index (χ4n) is 1.68. The summed E-state index contributed by atoms with van der Waals surface area (Å²) >= 11 is 0. The lowest BCUT2D eigenvalue weighted by Gasteiger charge is -2.08. The Morgan fingerprint density at radius 2 is 2.20 bits per heavy atom. The van der Waals surface area contributed by atoms with Crippen LogP contribution < -0.4 is 4.72 Å². The number of aryl methyl sites for hydroxylation is 1. The van der Waals surface area contributed by atoms with Crippen LogP contribution in [0.3, 0.4) is 0 Å². The average molecular weight is 296 g/mol. The van der Waals surface area contributed by atoms with Gasteiger partial charge in [-0.25, -0.2) is 18.1 Å². The standard InChI is InChI=1S/C11H12N4O4S/c1-8-6-9(15(16)17)2-3-10(8)20(18,19)14-7-11-12-4-5-13-11/h2-6,14H,7H2,1H3,(H,12,13). The van der Waals surface area contributed by atoms with Gasteiger partial charge in [-0.1, -0.05) is 0 Å². The predicted octanol–water partition coefficient (Wildman–Crippen LogP) is 1.10. The van der Waals surface area contributed by atoms with E-state index in [2.05, 4.69) is 14.7 Å². The zero-order valence-corrected chi connectivity index (χ0v) is 11.3. The minimum atomic E-state index is -3.74. The van der Waals surface area contributed by atoms with Crippen LogP contribution in [0.25, 0.3) is 0 Å². The lowest BCUT2D eigenvalue weighted by molar-refractivity contribution is -0.385. The topological polar surface area (TPSA) is 118 Å². The van der Waals surface area contributed by atoms with Crippen molar-refractivity contribution in [2.75, 3.05) is 0 Å². The summed E-state index contributed by atoms with van der Waals surface area (Å²) in [4.78, 5) is 16.7. The number of hydrogen-bond acceptors (Lipinski definition) is 5. The maximum atomic E-state index is 12.1. The van der Waals surface area contributed by atoms with Gasteiger partial charge in [0.25, 0.3) is 5.69 Å². The van der Waals surface area contributed by atoms with Crippen LogP contribution in [-0.4, -0.2) is 23.3 Å². The van der Waals surface area contributed by atoms with Crippen LogP contribution in [0.5, 0.6) is 0 Å². The second-order valence-electron chi connectivity index (χ2n) is 4.07. The molecule has 20 heavy (non-hydrogen) atoms. The maximum Gasteiger partial charge on any atom is 0.269 e. The maximum absolute atomic E-state index is 12.1. The highest BCUT2D eigenvalue weighted by atomic mass is 32.2. The average Bonchev–Trinajstić information content (AvgIpc) is 2.89. The number of aromatic nitrogens is 2. The number of nitro benzene ring substituents is 1. The highest BCUT2D eigenvalue weighted by Gasteiger charge is 2.19. The molecule has 0 radical (unpaired) electrons. The van der Waals surface area contributed by atoms with E-state index in [1.165, 1.54) is 25.3 Å². The molecule has 0 aliphatic heterocycles. The molecular weight excluding hydrogens is 284 g/mol. The first-order valence-corrected chi connectivity index (χ1v) is 7.11. The van der Waals surface area contributed by atoms with Crippen LogP contribution in [-0.2, 0) is 16.6 Å². The summed E-state index contributed by atoms with van der Waals surface area (Å²) in [6.45, 7) is 1.53. The van der Waals surface area contributed by atoms with E-state index in [0.29, 0.717) is 11.4 Å². The Hall–Kier alpha value is -2.26. The number of aromatic amines is 1. The van der Waals surface area contributed by atoms with Crippen molar-refractivity contribution in [3.8, 4) is 0 Å². The number of nitro groups is 1. The Morgan fingerprint density at radius 1 is 1.45 bits per heavy atom. The fourth-order valence-corrected chi connectivity index (χ4v) is 2.90. The second-order valence-corrected chi connectivity index (χ2v) is 5.80. The molecule has 0 aliphatic rings. The molecule has 0 saturated carbocycles. The Kier molecular flexibility index (Phi) is 3.81. The third-order valence-corrected chi connectivity index (χ3v) is 4.20. The molecule has 0 bridgehead atoms. The Bertz CT molecular complexity index is 725. The monoisotopic (exact) mass is 296 g/mol. The summed E-state index contributed by atoms with van der Waals surface area (Å²) in [5.41, 5.74) is 0.165. The fraction of sp³-hybridized carbons (Fsp3) is 0.182. The van der Waals surface area contributed by atoms with Crippen molar-refractivity contribution in [1.82, 2.24) is 14.7 Å². The number of benzene rings is 1. The molecule has 106 valence electrons. The highest BCUT2D eigenvalue weighted by molar-refractivity contribution is 7.89. The molecule has 0 aliphatic carbocycles. The Balaban J connectivity index is 2.23. The van der Waals surface area contributed by atoms with Gasteiger partial charge in [0.1, 0.15) is 5.82 Å². The van der Waals surface area contributed by atoms with E-state index in [1.807, 2.05) is 0 Å². The normalized spacial score (nSPS) is 11.4. The first kappa shape index (κ1) is 14.2. The van der Waals surface area contributed by atoms with Crippen molar-refractivity contribution in [2.24, 2.45) is 0 Å². The molecule has 0 atom stereocenters. The number of nitrogens with one attached hydrogen (secondary N) is 2. The molecular formula is C11H12N4O4S. The first-order valence-electron chi connectivity index (χ1n) is 5.63. The van der Waals surface area contributed by atoms with Crippen molar-refractivity contribution in [1.29, 1.82) is 0 Å². The summed E-state index contributed by atoms with van der Waals surface area (Å²) in [7, 11) is -3.74. The third kappa shape index (κ3) is 3.00. The molecule has 1 aromatic carbocycles. The van der Waals surface area contributed by atoms with E-state index < -0.39 is 14.9 Å². The summed E-state index contributed by atoms with van der Waals surface area (Å²) in [5, 5.41) is 10.6. The van der Waals surface area contributed by atoms with E-state index >= 15 is 0 Å². The van der Waals surface area contributed by atoms with Crippen LogP contribution in [0.15, 0.2) is 35.5 Å². The molecule has 2 N–H and O–H groups in total. The second kappa shape index (κ2) is 5.39. The zero-order valence-electron chi connectivity index (χ0n) is 10.5. The van der Waals surface area contributed by atoms with Crippen LogP contribution >= 0.6 is 0 Å². The smallest absolute Gasteiger partial charge is 0.269 e. The van der Waals surface area contributed by atoms with Gasteiger partial charge in [-0.2, -0.15) is 0 Å². The van der Waals surface area contributed by atoms with Gasteiger partial charge >= 0.3 is 0 Å². The van der Waals surface area contributed by atoms with Gasteiger partial charge in [-0.05, 0) is 18.6 Å². The van der Waals surface area contributed by atoms with Crippen molar-refractivity contribution >= 4 is 15.7 Å². The lowest BCUT2D eigenvalue weighted by Crippen LogP contribution is -2.24. The summed E-state index contributed by atoms with van der Waals surface area (Å²) in [6.07, 6.45) is 3.10. The molecule has 0 saturated heterocycles. The summed E-state index contributed by atoms with van der Waals surface area (Å²) in [6, 6.07) is 3.61. The molecule has 0 amide bonds. The van der Waals surface area contributed by atoms with Gasteiger partial charge in [0.05, 0.1) is 16.4 Å². The molecule has 2 aromatic rings. The van der Waals surface area contributed by atoms with Crippen molar-refractivity contribution < 1.29 is 13.3 Å². The van der Waals surface area contributed by atoms with Crippen LogP contribution in [0.2, 0.25) is 0 Å². The van der Waals surface area contributed by atoms with Crippen LogP contribution in [0, 0.1) is 17.0 Å². The molecule has 0 unspecified atom stereocenters. The summed E-state index contributed by atoms with van der Waals surface area (Å²) < 4.78 is 26.6. The molecule has 1 heterocycles. The molecule has 2 rings (SSSR count). The van der Waals surface area contributed by atoms with E-state index in [-0.39, 0.29) is 17.1 Å². The van der Waals surface area contributed by atoms with E-state index in [1.54, 1.807) is 6.20 Å². The lowest BCUT2D eigenvalue weighted by atomic mass is 10.2. The minimum Gasteiger partial charge on any atom is -0.347 e. The van der Waals surface area contributed by atoms with Gasteiger partial charge in [0, 0.05) is 24.5 Å². The van der Waals surface area contributed by atoms with Gasteiger partial charge < -0.3 is 4.98 Å². The van der Waals surface area contributed by atoms with Gasteiger partial charge in [-0.3, -0.25) is 10.1 Å². The number of imidazole rings is 1. The molecule has 8 nitrogen and oxygen atoms in total. The third-order valence-electron chi connectivity index (χ3n) is 2.64. The van der Waals surface area contributed by atoms with Gasteiger partial charge in [-0.15, -0.1) is 0 Å². The van der Waals surface area contributed by atoms with Crippen molar-refractivity contribution in [3.05, 3.63) is 52.1 Å². The first-order chi connectivity index (χ1) is 9.40. The van der Waals surface area contributed by atoms with Crippen LogP contribution in [0.1, 0.15) is 11.4 Å². The SMILES string of the molecule is Cc1cc([N+](=O)[O-])ccc1S(=O)(=O)NCc1ncc[nH]1. The van der Waals surface area contributed by atoms with E-state index in [9.17, 15) is 18.5 Å². The van der Waals surface area contributed by atoms with E-state index in [0.717, 1.165) is 6.07 Å². The van der Waals surface area contributed by atoms with Crippen LogP contribution in [0.4, 0.5) is 5.69 Å².